The van der Waals surface area contributed by atoms with Crippen molar-refractivity contribution in [2.75, 3.05) is 19.6 Å². The van der Waals surface area contributed by atoms with Crippen LogP contribution in [-0.2, 0) is 0 Å². The Morgan fingerprint density at radius 3 is 2.93 bits per heavy atom. The first-order valence-corrected chi connectivity index (χ1v) is 5.50. The Morgan fingerprint density at radius 1 is 1.50 bits per heavy atom. The summed E-state index contributed by atoms with van der Waals surface area (Å²) >= 11 is 0. The molecule has 1 saturated carbocycles. The van der Waals surface area contributed by atoms with E-state index in [4.69, 9.17) is 5.26 Å². The molecule has 1 saturated heterocycles. The van der Waals surface area contributed by atoms with Crippen LogP contribution in [0.25, 0.3) is 0 Å². The van der Waals surface area contributed by atoms with Crippen LogP contribution >= 0.6 is 0 Å². The van der Waals surface area contributed by atoms with E-state index in [0.717, 1.165) is 26.1 Å². The van der Waals surface area contributed by atoms with Gasteiger partial charge in [0, 0.05) is 25.6 Å². The van der Waals surface area contributed by atoms with Crippen molar-refractivity contribution in [1.29, 1.82) is 5.26 Å². The lowest BCUT2D eigenvalue weighted by atomic mass is 10.00. The van der Waals surface area contributed by atoms with E-state index < -0.39 is 0 Å². The van der Waals surface area contributed by atoms with E-state index in [2.05, 4.69) is 11.0 Å². The molecule has 78 valence electrons. The predicted octanol–water partition coefficient (Wildman–Crippen LogP) is 0.849. The number of aliphatic hydroxyl groups excluding tert-OH is 1. The lowest BCUT2D eigenvalue weighted by Crippen LogP contribution is -2.28. The summed E-state index contributed by atoms with van der Waals surface area (Å²) in [6, 6.07) is 2.26. The molecule has 1 heterocycles. The van der Waals surface area contributed by atoms with Crippen LogP contribution in [0.2, 0.25) is 0 Å². The number of rotatable bonds is 2. The first kappa shape index (κ1) is 9.95. The van der Waals surface area contributed by atoms with E-state index in [9.17, 15) is 5.11 Å². The molecule has 0 aromatic heterocycles. The number of hydrogen-bond donors (Lipinski definition) is 1. The predicted molar refractivity (Wildman–Crippen MR) is 53.4 cm³/mol. The van der Waals surface area contributed by atoms with Crippen molar-refractivity contribution >= 4 is 0 Å². The lowest BCUT2D eigenvalue weighted by molar-refractivity contribution is 0.123. The van der Waals surface area contributed by atoms with Gasteiger partial charge in [-0.3, -0.25) is 0 Å². The van der Waals surface area contributed by atoms with Crippen molar-refractivity contribution in [2.45, 2.75) is 25.9 Å². The summed E-state index contributed by atoms with van der Waals surface area (Å²) in [5, 5.41) is 18.4. The van der Waals surface area contributed by atoms with E-state index >= 15 is 0 Å². The van der Waals surface area contributed by atoms with Gasteiger partial charge in [0.2, 0.25) is 0 Å². The number of hydrogen-bond acceptors (Lipinski definition) is 3. The van der Waals surface area contributed by atoms with Gasteiger partial charge in [0.05, 0.1) is 18.1 Å². The van der Waals surface area contributed by atoms with Gasteiger partial charge in [-0.25, -0.2) is 0 Å². The molecule has 3 nitrogen and oxygen atoms in total. The maximum Gasteiger partial charge on any atom is 0.0666 e. The van der Waals surface area contributed by atoms with Crippen LogP contribution in [0.15, 0.2) is 0 Å². The van der Waals surface area contributed by atoms with Gasteiger partial charge in [-0.05, 0) is 25.7 Å². The summed E-state index contributed by atoms with van der Waals surface area (Å²) in [5.74, 6) is 1.29. The van der Waals surface area contributed by atoms with Crippen LogP contribution in [0.4, 0.5) is 0 Å². The van der Waals surface area contributed by atoms with E-state index in [-0.39, 0.29) is 12.0 Å². The van der Waals surface area contributed by atoms with Crippen LogP contribution in [0.3, 0.4) is 0 Å². The Morgan fingerprint density at radius 2 is 2.29 bits per heavy atom. The third-order valence-electron chi connectivity index (χ3n) is 3.65. The zero-order chi connectivity index (χ0) is 10.1. The average molecular weight is 194 g/mol. The number of nitrogens with zero attached hydrogens (tertiary/aromatic N) is 2. The van der Waals surface area contributed by atoms with E-state index in [0.29, 0.717) is 11.8 Å². The standard InChI is InChI=1S/C11H18N2O/c1-8(4-12)5-13-6-9-2-3-11(14)10(9)7-13/h8-11,14H,2-3,5-7H2,1H3. The van der Waals surface area contributed by atoms with Crippen molar-refractivity contribution in [1.82, 2.24) is 4.90 Å². The summed E-state index contributed by atoms with van der Waals surface area (Å²) in [6.07, 6.45) is 2.07. The number of fused-ring (bicyclic) bond motifs is 1. The highest BCUT2D eigenvalue weighted by Gasteiger charge is 2.41. The Hall–Kier alpha value is -0.590. The second-order valence-corrected chi connectivity index (χ2v) is 4.82. The third-order valence-corrected chi connectivity index (χ3v) is 3.65. The second-order valence-electron chi connectivity index (χ2n) is 4.82. The normalized spacial score (nSPS) is 39.4. The Kier molecular flexibility index (Phi) is 2.76. The highest BCUT2D eigenvalue weighted by Crippen LogP contribution is 2.38. The van der Waals surface area contributed by atoms with Crippen molar-refractivity contribution in [3.63, 3.8) is 0 Å². The molecule has 0 amide bonds. The summed E-state index contributed by atoms with van der Waals surface area (Å²) in [7, 11) is 0. The molecule has 1 N–H and O–H groups in total. The molecule has 0 spiro atoms. The Bertz CT molecular complexity index is 248. The molecule has 0 radical (unpaired) electrons. The quantitative estimate of drug-likeness (QED) is 0.709. The minimum absolute atomic E-state index is 0.0811. The first-order valence-electron chi connectivity index (χ1n) is 5.50. The third kappa shape index (κ3) is 1.77. The van der Waals surface area contributed by atoms with E-state index in [1.165, 1.54) is 6.42 Å². The Labute approximate surface area is 85.3 Å². The minimum atomic E-state index is -0.0811. The van der Waals surface area contributed by atoms with Crippen molar-refractivity contribution in [2.24, 2.45) is 17.8 Å². The fourth-order valence-corrected chi connectivity index (χ4v) is 2.91. The highest BCUT2D eigenvalue weighted by atomic mass is 16.3. The molecule has 1 aliphatic carbocycles. The largest absolute Gasteiger partial charge is 0.393 e. The fourth-order valence-electron chi connectivity index (χ4n) is 2.91. The summed E-state index contributed by atoms with van der Waals surface area (Å²) < 4.78 is 0. The summed E-state index contributed by atoms with van der Waals surface area (Å²) in [6.45, 7) is 4.92. The zero-order valence-corrected chi connectivity index (χ0v) is 8.69. The van der Waals surface area contributed by atoms with Gasteiger partial charge in [-0.2, -0.15) is 5.26 Å². The molecular formula is C11H18N2O. The first-order chi connectivity index (χ1) is 6.70. The number of nitriles is 1. The second kappa shape index (κ2) is 3.88. The van der Waals surface area contributed by atoms with E-state index in [1.54, 1.807) is 0 Å². The Balaban J connectivity index is 1.87. The van der Waals surface area contributed by atoms with Gasteiger partial charge in [0.25, 0.3) is 0 Å². The zero-order valence-electron chi connectivity index (χ0n) is 8.69. The van der Waals surface area contributed by atoms with Crippen LogP contribution < -0.4 is 0 Å². The molecule has 2 fully saturated rings. The monoisotopic (exact) mass is 194 g/mol. The molecule has 0 aromatic rings. The maximum absolute atomic E-state index is 9.72. The molecule has 2 rings (SSSR count). The topological polar surface area (TPSA) is 47.3 Å². The lowest BCUT2D eigenvalue weighted by Gasteiger charge is -2.18. The molecule has 0 aromatic carbocycles. The number of likely N-dealkylation sites (tertiary alicyclic amines) is 1. The molecule has 4 unspecified atom stereocenters. The van der Waals surface area contributed by atoms with Gasteiger partial charge >= 0.3 is 0 Å². The van der Waals surface area contributed by atoms with Gasteiger partial charge in [0.15, 0.2) is 0 Å². The van der Waals surface area contributed by atoms with Gasteiger partial charge in [-0.1, -0.05) is 0 Å². The van der Waals surface area contributed by atoms with Crippen molar-refractivity contribution in [3.8, 4) is 6.07 Å². The van der Waals surface area contributed by atoms with Crippen molar-refractivity contribution in [3.05, 3.63) is 0 Å². The molecule has 3 heteroatoms. The summed E-state index contributed by atoms with van der Waals surface area (Å²) in [4.78, 5) is 2.34. The number of aliphatic hydroxyl groups is 1. The highest BCUT2D eigenvalue weighted by molar-refractivity contribution is 4.95. The fraction of sp³-hybridized carbons (Fsp3) is 0.909. The SMILES string of the molecule is CC(C#N)CN1CC2CCC(O)C2C1. The molecular weight excluding hydrogens is 176 g/mol. The molecule has 1 aliphatic heterocycles. The van der Waals surface area contributed by atoms with Crippen LogP contribution in [0.5, 0.6) is 0 Å². The van der Waals surface area contributed by atoms with Gasteiger partial charge < -0.3 is 10.0 Å². The smallest absolute Gasteiger partial charge is 0.0666 e. The van der Waals surface area contributed by atoms with Crippen LogP contribution in [-0.4, -0.2) is 35.7 Å². The van der Waals surface area contributed by atoms with Crippen LogP contribution in [0, 0.1) is 29.1 Å². The van der Waals surface area contributed by atoms with Gasteiger partial charge in [0.1, 0.15) is 0 Å². The van der Waals surface area contributed by atoms with Gasteiger partial charge in [-0.15, -0.1) is 0 Å². The summed E-state index contributed by atoms with van der Waals surface area (Å²) in [5.41, 5.74) is 0. The van der Waals surface area contributed by atoms with E-state index in [1.807, 2.05) is 6.92 Å². The molecule has 0 bridgehead atoms. The maximum atomic E-state index is 9.72. The average Bonchev–Trinajstić information content (AvgIpc) is 2.69. The molecule has 2 aliphatic rings. The van der Waals surface area contributed by atoms with Crippen molar-refractivity contribution < 1.29 is 5.11 Å². The van der Waals surface area contributed by atoms with Crippen LogP contribution in [0.1, 0.15) is 19.8 Å². The minimum Gasteiger partial charge on any atom is -0.393 e. The molecule has 14 heavy (non-hydrogen) atoms. The molecule has 4 atom stereocenters.